The average molecular weight is 252 g/mol. The zero-order valence-electron chi connectivity index (χ0n) is 11.8. The number of aliphatic hydroxyl groups is 1. The predicted octanol–water partition coefficient (Wildman–Crippen LogP) is 1.61. The van der Waals surface area contributed by atoms with Crippen molar-refractivity contribution >= 4 is 11.6 Å². The molecule has 1 aromatic heterocycles. The lowest BCUT2D eigenvalue weighted by atomic mass is 10.1. The van der Waals surface area contributed by atoms with Gasteiger partial charge in [-0.05, 0) is 27.2 Å². The van der Waals surface area contributed by atoms with Gasteiger partial charge in [-0.1, -0.05) is 13.3 Å². The summed E-state index contributed by atoms with van der Waals surface area (Å²) in [6.45, 7) is 9.02. The smallest absolute Gasteiger partial charge is 0.137 e. The van der Waals surface area contributed by atoms with Crippen molar-refractivity contribution in [3.05, 3.63) is 11.9 Å². The van der Waals surface area contributed by atoms with E-state index in [9.17, 15) is 5.11 Å². The standard InChI is InChI=1S/C13H24N4O/c1-5-7-10-11(14)15-9-16-12(10)17(6-2)8-13(3,4)18/h9,18H,5-8H2,1-4H3,(H2,14,15,16). The second kappa shape index (κ2) is 6.00. The molecule has 0 aliphatic carbocycles. The first kappa shape index (κ1) is 14.7. The van der Waals surface area contributed by atoms with E-state index in [1.54, 1.807) is 13.8 Å². The van der Waals surface area contributed by atoms with E-state index >= 15 is 0 Å². The maximum absolute atomic E-state index is 9.95. The average Bonchev–Trinajstić information content (AvgIpc) is 2.28. The summed E-state index contributed by atoms with van der Waals surface area (Å²) in [5, 5.41) is 9.95. The zero-order valence-corrected chi connectivity index (χ0v) is 11.8. The van der Waals surface area contributed by atoms with Crippen molar-refractivity contribution in [1.82, 2.24) is 9.97 Å². The Balaban J connectivity index is 3.08. The van der Waals surface area contributed by atoms with Gasteiger partial charge in [0.05, 0.1) is 5.60 Å². The van der Waals surface area contributed by atoms with E-state index in [1.165, 1.54) is 6.33 Å². The molecule has 0 unspecified atom stereocenters. The summed E-state index contributed by atoms with van der Waals surface area (Å²) in [5.74, 6) is 1.38. The molecule has 1 rings (SSSR count). The minimum atomic E-state index is -0.765. The van der Waals surface area contributed by atoms with Gasteiger partial charge in [0.2, 0.25) is 0 Å². The van der Waals surface area contributed by atoms with E-state index in [0.717, 1.165) is 30.8 Å². The van der Waals surface area contributed by atoms with E-state index in [-0.39, 0.29) is 0 Å². The van der Waals surface area contributed by atoms with Crippen molar-refractivity contribution in [3.63, 3.8) is 0 Å². The van der Waals surface area contributed by atoms with Gasteiger partial charge in [0.1, 0.15) is 18.0 Å². The van der Waals surface area contributed by atoms with Gasteiger partial charge in [0, 0.05) is 18.7 Å². The van der Waals surface area contributed by atoms with E-state index < -0.39 is 5.60 Å². The van der Waals surface area contributed by atoms with E-state index in [0.29, 0.717) is 12.4 Å². The Labute approximate surface area is 109 Å². The summed E-state index contributed by atoms with van der Waals surface area (Å²) in [6, 6.07) is 0. The SMILES string of the molecule is CCCc1c(N)ncnc1N(CC)CC(C)(C)O. The summed E-state index contributed by atoms with van der Waals surface area (Å²) in [6.07, 6.45) is 3.33. The molecule has 0 saturated heterocycles. The molecule has 1 aromatic rings. The molecule has 18 heavy (non-hydrogen) atoms. The van der Waals surface area contributed by atoms with Crippen molar-refractivity contribution in [2.24, 2.45) is 0 Å². The minimum Gasteiger partial charge on any atom is -0.389 e. The summed E-state index contributed by atoms with van der Waals surface area (Å²) in [5.41, 5.74) is 6.14. The highest BCUT2D eigenvalue weighted by molar-refractivity contribution is 5.56. The van der Waals surface area contributed by atoms with Crippen LogP contribution in [0.25, 0.3) is 0 Å². The van der Waals surface area contributed by atoms with Crippen LogP contribution in [0, 0.1) is 0 Å². The highest BCUT2D eigenvalue weighted by Gasteiger charge is 2.21. The van der Waals surface area contributed by atoms with E-state index in [2.05, 4.69) is 16.9 Å². The molecule has 102 valence electrons. The van der Waals surface area contributed by atoms with Crippen LogP contribution in [0.5, 0.6) is 0 Å². The van der Waals surface area contributed by atoms with Gasteiger partial charge in [-0.25, -0.2) is 9.97 Å². The molecule has 0 aliphatic rings. The molecule has 0 aromatic carbocycles. The van der Waals surface area contributed by atoms with Crippen LogP contribution in [0.15, 0.2) is 6.33 Å². The van der Waals surface area contributed by atoms with Crippen LogP contribution in [0.1, 0.15) is 39.7 Å². The first-order valence-electron chi connectivity index (χ1n) is 6.45. The topological polar surface area (TPSA) is 75.3 Å². The largest absolute Gasteiger partial charge is 0.389 e. The Kier molecular flexibility index (Phi) is 4.90. The zero-order chi connectivity index (χ0) is 13.8. The number of nitrogen functional groups attached to an aromatic ring is 1. The van der Waals surface area contributed by atoms with Crippen molar-refractivity contribution in [3.8, 4) is 0 Å². The molecule has 0 saturated carbocycles. The number of hydrogen-bond acceptors (Lipinski definition) is 5. The Morgan fingerprint density at radius 3 is 2.50 bits per heavy atom. The molecule has 1 heterocycles. The second-order valence-corrected chi connectivity index (χ2v) is 5.14. The lowest BCUT2D eigenvalue weighted by molar-refractivity contribution is 0.0874. The quantitative estimate of drug-likeness (QED) is 0.804. The van der Waals surface area contributed by atoms with Gasteiger partial charge < -0.3 is 15.7 Å². The molecule has 5 heteroatoms. The molecule has 3 N–H and O–H groups in total. The molecule has 0 radical (unpaired) electrons. The number of anilines is 2. The van der Waals surface area contributed by atoms with Crippen LogP contribution in [-0.4, -0.2) is 33.8 Å². The van der Waals surface area contributed by atoms with Gasteiger partial charge >= 0.3 is 0 Å². The normalized spacial score (nSPS) is 11.6. The highest BCUT2D eigenvalue weighted by atomic mass is 16.3. The van der Waals surface area contributed by atoms with Crippen molar-refractivity contribution in [2.45, 2.75) is 46.1 Å². The third kappa shape index (κ3) is 3.84. The Morgan fingerprint density at radius 1 is 1.33 bits per heavy atom. The third-order valence-electron chi connectivity index (χ3n) is 2.72. The van der Waals surface area contributed by atoms with Crippen LogP contribution in [-0.2, 0) is 6.42 Å². The summed E-state index contributed by atoms with van der Waals surface area (Å²) < 4.78 is 0. The lowest BCUT2D eigenvalue weighted by Gasteiger charge is -2.30. The first-order valence-corrected chi connectivity index (χ1v) is 6.45. The van der Waals surface area contributed by atoms with Crippen molar-refractivity contribution in [2.75, 3.05) is 23.7 Å². The molecule has 0 bridgehead atoms. The molecule has 0 fully saturated rings. The highest BCUT2D eigenvalue weighted by Crippen LogP contribution is 2.24. The Bertz CT molecular complexity index is 387. The molecule has 5 nitrogen and oxygen atoms in total. The molecule has 0 amide bonds. The summed E-state index contributed by atoms with van der Waals surface area (Å²) in [7, 11) is 0. The van der Waals surface area contributed by atoms with Gasteiger partial charge in [0.15, 0.2) is 0 Å². The minimum absolute atomic E-state index is 0.524. The third-order valence-corrected chi connectivity index (χ3v) is 2.72. The number of nitrogens with zero attached hydrogens (tertiary/aromatic N) is 3. The van der Waals surface area contributed by atoms with Gasteiger partial charge in [0.25, 0.3) is 0 Å². The van der Waals surface area contributed by atoms with Gasteiger partial charge in [-0.2, -0.15) is 0 Å². The maximum Gasteiger partial charge on any atom is 0.137 e. The number of likely N-dealkylation sites (N-methyl/N-ethyl adjacent to an activating group) is 1. The summed E-state index contributed by atoms with van der Waals surface area (Å²) in [4.78, 5) is 10.4. The van der Waals surface area contributed by atoms with E-state index in [4.69, 9.17) is 5.73 Å². The van der Waals surface area contributed by atoms with Crippen LogP contribution in [0.3, 0.4) is 0 Å². The van der Waals surface area contributed by atoms with Crippen LogP contribution < -0.4 is 10.6 Å². The van der Waals surface area contributed by atoms with Gasteiger partial charge in [-0.15, -0.1) is 0 Å². The van der Waals surface area contributed by atoms with Crippen LogP contribution in [0.4, 0.5) is 11.6 Å². The number of aromatic nitrogens is 2. The molecule has 0 spiro atoms. The number of rotatable bonds is 6. The fourth-order valence-electron chi connectivity index (χ4n) is 1.98. The monoisotopic (exact) mass is 252 g/mol. The Morgan fingerprint density at radius 2 is 2.00 bits per heavy atom. The van der Waals surface area contributed by atoms with Crippen LogP contribution >= 0.6 is 0 Å². The molecular weight excluding hydrogens is 228 g/mol. The molecular formula is C13H24N4O. The second-order valence-electron chi connectivity index (χ2n) is 5.14. The summed E-state index contributed by atoms with van der Waals surface area (Å²) >= 11 is 0. The fourth-order valence-corrected chi connectivity index (χ4v) is 1.98. The lowest BCUT2D eigenvalue weighted by Crippen LogP contribution is -2.39. The maximum atomic E-state index is 9.95. The fraction of sp³-hybridized carbons (Fsp3) is 0.692. The van der Waals surface area contributed by atoms with Gasteiger partial charge in [-0.3, -0.25) is 0 Å². The number of nitrogens with two attached hydrogens (primary N) is 1. The van der Waals surface area contributed by atoms with Crippen molar-refractivity contribution < 1.29 is 5.11 Å². The first-order chi connectivity index (χ1) is 8.39. The molecule has 0 atom stereocenters. The van der Waals surface area contributed by atoms with Crippen LogP contribution in [0.2, 0.25) is 0 Å². The number of hydrogen-bond donors (Lipinski definition) is 2. The Hall–Kier alpha value is -1.36. The predicted molar refractivity (Wildman–Crippen MR) is 74.6 cm³/mol. The molecule has 0 aliphatic heterocycles. The van der Waals surface area contributed by atoms with E-state index in [1.807, 2.05) is 11.8 Å². The van der Waals surface area contributed by atoms with Crippen molar-refractivity contribution in [1.29, 1.82) is 0 Å².